The maximum Gasteiger partial charge on any atom is 0.391 e. The van der Waals surface area contributed by atoms with E-state index in [1.54, 1.807) is 24.8 Å². The van der Waals surface area contributed by atoms with E-state index in [-0.39, 0.29) is 36.6 Å². The van der Waals surface area contributed by atoms with Crippen molar-refractivity contribution in [2.75, 3.05) is 38.5 Å². The Kier molecular flexibility index (Phi) is 13.0. The van der Waals surface area contributed by atoms with Crippen LogP contribution in [0.3, 0.4) is 0 Å². The molecule has 0 unspecified atom stereocenters. The van der Waals surface area contributed by atoms with Gasteiger partial charge in [0.25, 0.3) is 5.91 Å². The smallest absolute Gasteiger partial charge is 0.344 e. The Morgan fingerprint density at radius 1 is 0.942 bits per heavy atom. The van der Waals surface area contributed by atoms with Crippen LogP contribution >= 0.6 is 0 Å². The third kappa shape index (κ3) is 9.61. The first-order valence-corrected chi connectivity index (χ1v) is 17.1. The number of hydrogen-bond donors (Lipinski definition) is 3. The number of nitrogens with one attached hydrogen (secondary N) is 3. The monoisotopic (exact) mass is 736 g/mol. The summed E-state index contributed by atoms with van der Waals surface area (Å²) in [6.45, 7) is 5.40. The molecule has 0 bridgehead atoms. The van der Waals surface area contributed by atoms with E-state index in [1.807, 2.05) is 12.4 Å². The first kappa shape index (κ1) is 40.1. The fraction of sp³-hybridized carbons (Fsp3) is 0.528. The van der Waals surface area contributed by atoms with Crippen LogP contribution in [0.2, 0.25) is 0 Å². The van der Waals surface area contributed by atoms with Gasteiger partial charge in [0.2, 0.25) is 17.7 Å². The topological polar surface area (TPSA) is 135 Å². The Balaban J connectivity index is 1.56. The molecule has 10 nitrogen and oxygen atoms in total. The summed E-state index contributed by atoms with van der Waals surface area (Å²) >= 11 is 0. The van der Waals surface area contributed by atoms with Gasteiger partial charge in [0.05, 0.1) is 23.2 Å². The van der Waals surface area contributed by atoms with Crippen molar-refractivity contribution in [3.05, 3.63) is 65.0 Å². The molecule has 3 N–H and O–H groups in total. The molecule has 2 aliphatic rings. The maximum absolute atomic E-state index is 15.6. The highest BCUT2D eigenvalue weighted by Crippen LogP contribution is 2.41. The van der Waals surface area contributed by atoms with Gasteiger partial charge in [-0.1, -0.05) is 32.0 Å². The molecule has 0 radical (unpaired) electrons. The molecule has 1 aliphatic carbocycles. The molecule has 4 rings (SSSR count). The standard InChI is InChI=1S/C36H42F6N6O4/c1-4-29(49)45-30(33(51)48-16-14-47(3)15-17-48)21(2)24-10-13-28(27(37)19-24)44-32(50)31(23-8-11-25(12-9-23)36(40,41)42)46-34(52)35(38,39)26-7-5-6-22(18-26)20-43/h5-7,10,13,18-19,21,23,25,30-31H,4,8-9,11-12,14-17H2,1-3H3,(H,44,50)(H,45,49)(H,46,52)/t21-,23?,25?,30+,31-/m0/s1. The van der Waals surface area contributed by atoms with Crippen LogP contribution in [-0.2, 0) is 25.1 Å². The molecule has 1 saturated carbocycles. The van der Waals surface area contributed by atoms with Crippen molar-refractivity contribution in [3.8, 4) is 6.07 Å². The van der Waals surface area contributed by atoms with Gasteiger partial charge in [0.1, 0.15) is 17.9 Å². The summed E-state index contributed by atoms with van der Waals surface area (Å²) in [6, 6.07) is 6.67. The van der Waals surface area contributed by atoms with Crippen LogP contribution in [0.5, 0.6) is 0 Å². The molecule has 282 valence electrons. The zero-order valence-corrected chi connectivity index (χ0v) is 29.0. The number of nitrogens with zero attached hydrogens (tertiary/aromatic N) is 3. The average Bonchev–Trinajstić information content (AvgIpc) is 3.12. The second-order valence-electron chi connectivity index (χ2n) is 13.4. The number of amides is 4. The fourth-order valence-electron chi connectivity index (χ4n) is 6.54. The number of carbonyl (C=O) groups is 4. The van der Waals surface area contributed by atoms with Crippen LogP contribution in [0, 0.1) is 29.0 Å². The first-order valence-electron chi connectivity index (χ1n) is 17.1. The van der Waals surface area contributed by atoms with E-state index in [0.717, 1.165) is 24.3 Å². The van der Waals surface area contributed by atoms with Crippen molar-refractivity contribution in [1.82, 2.24) is 20.4 Å². The molecule has 4 amide bonds. The van der Waals surface area contributed by atoms with E-state index < -0.39 is 83.7 Å². The van der Waals surface area contributed by atoms with Crippen LogP contribution in [0.25, 0.3) is 0 Å². The number of halogens is 6. The Hall–Kier alpha value is -4.65. The minimum atomic E-state index is -4.50. The lowest BCUT2D eigenvalue weighted by Crippen LogP contribution is -2.55. The average molecular weight is 737 g/mol. The van der Waals surface area contributed by atoms with Gasteiger partial charge in [-0.25, -0.2) is 4.39 Å². The first-order chi connectivity index (χ1) is 24.5. The number of piperazine rings is 1. The number of benzene rings is 2. The second-order valence-corrected chi connectivity index (χ2v) is 13.4. The highest BCUT2D eigenvalue weighted by Gasteiger charge is 2.47. The molecule has 52 heavy (non-hydrogen) atoms. The summed E-state index contributed by atoms with van der Waals surface area (Å²) in [5, 5.41) is 16.1. The van der Waals surface area contributed by atoms with Crippen molar-refractivity contribution in [3.63, 3.8) is 0 Å². The Bertz CT molecular complexity index is 1670. The predicted molar refractivity (Wildman–Crippen MR) is 178 cm³/mol. The highest BCUT2D eigenvalue weighted by molar-refractivity contribution is 5.98. The van der Waals surface area contributed by atoms with Gasteiger partial charge >= 0.3 is 12.1 Å². The number of rotatable bonds is 11. The van der Waals surface area contributed by atoms with Crippen LogP contribution in [-0.4, -0.2) is 84.9 Å². The van der Waals surface area contributed by atoms with Crippen LogP contribution in [0.4, 0.5) is 32.0 Å². The lowest BCUT2D eigenvalue weighted by atomic mass is 9.77. The molecule has 2 fully saturated rings. The minimum Gasteiger partial charge on any atom is -0.344 e. The van der Waals surface area contributed by atoms with Crippen LogP contribution < -0.4 is 16.0 Å². The van der Waals surface area contributed by atoms with Gasteiger partial charge in [-0.3, -0.25) is 19.2 Å². The molecule has 1 aliphatic heterocycles. The van der Waals surface area contributed by atoms with Gasteiger partial charge in [-0.15, -0.1) is 0 Å². The second kappa shape index (κ2) is 16.8. The maximum atomic E-state index is 15.6. The molecular formula is C36H42F6N6O4. The van der Waals surface area contributed by atoms with Crippen molar-refractivity contribution in [2.45, 2.75) is 76.1 Å². The van der Waals surface area contributed by atoms with Gasteiger partial charge in [-0.05, 0) is 68.5 Å². The quantitative estimate of drug-likeness (QED) is 0.277. The zero-order valence-electron chi connectivity index (χ0n) is 29.0. The van der Waals surface area contributed by atoms with Crippen molar-refractivity contribution < 1.29 is 45.5 Å². The van der Waals surface area contributed by atoms with Gasteiger partial charge in [-0.2, -0.15) is 27.2 Å². The molecule has 0 aromatic heterocycles. The molecule has 1 saturated heterocycles. The largest absolute Gasteiger partial charge is 0.391 e. The SMILES string of the molecule is CCC(=O)N[C@@H](C(=O)N1CCN(C)CC1)[C@@H](C)c1ccc(NC(=O)[C@@H](NC(=O)C(F)(F)c2cccc(C#N)c2)C2CCC(C(F)(F)F)CC2)c(F)c1. The Morgan fingerprint density at radius 2 is 1.60 bits per heavy atom. The molecule has 16 heteroatoms. The summed E-state index contributed by atoms with van der Waals surface area (Å²) in [5.41, 5.74) is -1.09. The fourth-order valence-corrected chi connectivity index (χ4v) is 6.54. The summed E-state index contributed by atoms with van der Waals surface area (Å²) < 4.78 is 86.5. The lowest BCUT2D eigenvalue weighted by molar-refractivity contribution is -0.184. The van der Waals surface area contributed by atoms with E-state index in [9.17, 15) is 32.3 Å². The van der Waals surface area contributed by atoms with E-state index in [0.29, 0.717) is 31.7 Å². The van der Waals surface area contributed by atoms with Gasteiger partial charge in [0, 0.05) is 44.1 Å². The number of nitriles is 1. The Labute approximate surface area is 297 Å². The number of anilines is 1. The molecule has 0 spiro atoms. The zero-order chi connectivity index (χ0) is 38.4. The Morgan fingerprint density at radius 3 is 2.17 bits per heavy atom. The molecule has 2 aromatic rings. The molecule has 3 atom stereocenters. The van der Waals surface area contributed by atoms with Crippen LogP contribution in [0.1, 0.15) is 68.6 Å². The third-order valence-corrected chi connectivity index (χ3v) is 9.91. The number of carbonyl (C=O) groups excluding carboxylic acids is 4. The number of alkyl halides is 5. The summed E-state index contributed by atoms with van der Waals surface area (Å²) in [4.78, 5) is 56.2. The normalized spacial score (nSPS) is 20.2. The van der Waals surface area contributed by atoms with Crippen molar-refractivity contribution >= 4 is 29.3 Å². The highest BCUT2D eigenvalue weighted by atomic mass is 19.4. The van der Waals surface area contributed by atoms with Gasteiger partial charge < -0.3 is 25.8 Å². The predicted octanol–water partition coefficient (Wildman–Crippen LogP) is 5.05. The number of likely N-dealkylation sites (N-methyl/N-ethyl adjacent to an activating group) is 1. The van der Waals surface area contributed by atoms with E-state index in [4.69, 9.17) is 5.26 Å². The lowest BCUT2D eigenvalue weighted by Gasteiger charge is -2.36. The van der Waals surface area contributed by atoms with Crippen molar-refractivity contribution in [2.24, 2.45) is 11.8 Å². The summed E-state index contributed by atoms with van der Waals surface area (Å²) in [5.74, 6) is -12.4. The van der Waals surface area contributed by atoms with Gasteiger partial charge in [0.15, 0.2) is 0 Å². The van der Waals surface area contributed by atoms with E-state index in [1.165, 1.54) is 18.2 Å². The summed E-state index contributed by atoms with van der Waals surface area (Å²) in [7, 11) is 1.92. The number of hydrogen-bond acceptors (Lipinski definition) is 6. The minimum absolute atomic E-state index is 0.103. The van der Waals surface area contributed by atoms with Crippen LogP contribution in [0.15, 0.2) is 42.5 Å². The third-order valence-electron chi connectivity index (χ3n) is 9.91. The van der Waals surface area contributed by atoms with E-state index >= 15 is 13.2 Å². The van der Waals surface area contributed by atoms with Crippen molar-refractivity contribution in [1.29, 1.82) is 5.26 Å². The van der Waals surface area contributed by atoms with E-state index in [2.05, 4.69) is 15.5 Å². The molecule has 1 heterocycles. The molecular weight excluding hydrogens is 694 g/mol. The molecule has 2 aromatic carbocycles. The summed E-state index contributed by atoms with van der Waals surface area (Å²) in [6.07, 6.45) is -5.67.